The number of amides is 1. The van der Waals surface area contributed by atoms with Crippen LogP contribution in [0.5, 0.6) is 5.75 Å². The van der Waals surface area contributed by atoms with E-state index in [-0.39, 0.29) is 18.3 Å². The Balaban J connectivity index is 1.86. The quantitative estimate of drug-likeness (QED) is 0.526. The minimum atomic E-state index is -0.689. The number of carbonyl (C=O) groups is 1. The molecule has 3 aromatic rings. The number of rotatable bonds is 8. The van der Waals surface area contributed by atoms with Crippen LogP contribution in [0.15, 0.2) is 72.8 Å². The Morgan fingerprint density at radius 1 is 1.03 bits per heavy atom. The third-order valence-electron chi connectivity index (χ3n) is 4.35. The fraction of sp³-hybridized carbons (Fsp3) is 0.174. The lowest BCUT2D eigenvalue weighted by molar-refractivity contribution is -0.117. The maximum absolute atomic E-state index is 13.1. The first-order valence-corrected chi connectivity index (χ1v) is 9.35. The van der Waals surface area contributed by atoms with E-state index in [1.807, 2.05) is 37.3 Å². The van der Waals surface area contributed by atoms with E-state index in [0.29, 0.717) is 29.3 Å². The molecule has 6 heteroatoms. The number of ether oxygens (including phenoxy) is 1. The van der Waals surface area contributed by atoms with Crippen molar-refractivity contribution in [3.8, 4) is 5.75 Å². The Hall–Kier alpha value is -3.38. The first-order valence-electron chi connectivity index (χ1n) is 9.35. The molecule has 3 aromatic carbocycles. The molecule has 5 nitrogen and oxygen atoms in total. The molecule has 0 saturated carbocycles. The van der Waals surface area contributed by atoms with Crippen molar-refractivity contribution in [2.75, 3.05) is 17.2 Å². The first-order chi connectivity index (χ1) is 14.1. The molecule has 0 bridgehead atoms. The predicted molar refractivity (Wildman–Crippen MR) is 111 cm³/mol. The average Bonchev–Trinajstić information content (AvgIpc) is 2.75. The summed E-state index contributed by atoms with van der Waals surface area (Å²) in [6, 6.07) is 19.5. The molecule has 0 spiro atoms. The van der Waals surface area contributed by atoms with E-state index in [9.17, 15) is 14.3 Å². The van der Waals surface area contributed by atoms with Crippen molar-refractivity contribution >= 4 is 17.3 Å². The Morgan fingerprint density at radius 2 is 1.72 bits per heavy atom. The lowest BCUT2D eigenvalue weighted by Gasteiger charge is -2.21. The van der Waals surface area contributed by atoms with Gasteiger partial charge < -0.3 is 20.5 Å². The molecule has 1 atom stereocenters. The molecule has 0 saturated heterocycles. The molecule has 1 amide bonds. The third-order valence-corrected chi connectivity index (χ3v) is 4.35. The van der Waals surface area contributed by atoms with E-state index in [4.69, 9.17) is 4.74 Å². The van der Waals surface area contributed by atoms with Crippen molar-refractivity contribution in [2.24, 2.45) is 0 Å². The van der Waals surface area contributed by atoms with Crippen LogP contribution in [0.3, 0.4) is 0 Å². The fourth-order valence-corrected chi connectivity index (χ4v) is 2.95. The molecular formula is C23H23FN2O3. The first kappa shape index (κ1) is 20.4. The summed E-state index contributed by atoms with van der Waals surface area (Å²) in [5, 5.41) is 15.7. The molecular weight excluding hydrogens is 371 g/mol. The molecule has 0 unspecified atom stereocenters. The molecule has 0 aliphatic carbocycles. The number of carbonyl (C=O) groups excluding carboxylic acids is 1. The predicted octanol–water partition coefficient (Wildman–Crippen LogP) is 4.51. The normalized spacial score (nSPS) is 11.6. The Kier molecular flexibility index (Phi) is 6.81. The number of hydrogen-bond acceptors (Lipinski definition) is 4. The second kappa shape index (κ2) is 9.71. The van der Waals surface area contributed by atoms with Crippen molar-refractivity contribution in [1.82, 2.24) is 0 Å². The second-order valence-electron chi connectivity index (χ2n) is 6.40. The molecule has 3 rings (SSSR count). The van der Waals surface area contributed by atoms with Gasteiger partial charge in [0, 0.05) is 16.9 Å². The molecule has 0 radical (unpaired) electrons. The molecule has 0 aromatic heterocycles. The zero-order valence-corrected chi connectivity index (χ0v) is 16.1. The van der Waals surface area contributed by atoms with Gasteiger partial charge in [-0.25, -0.2) is 4.39 Å². The number of halogens is 1. The van der Waals surface area contributed by atoms with E-state index in [1.54, 1.807) is 18.2 Å². The minimum absolute atomic E-state index is 0.178. The summed E-state index contributed by atoms with van der Waals surface area (Å²) < 4.78 is 18.6. The van der Waals surface area contributed by atoms with Crippen LogP contribution in [-0.4, -0.2) is 17.6 Å². The summed E-state index contributed by atoms with van der Waals surface area (Å²) in [7, 11) is 0. The van der Waals surface area contributed by atoms with E-state index in [2.05, 4.69) is 10.6 Å². The number of aliphatic hydroxyl groups is 1. The van der Waals surface area contributed by atoms with Crippen molar-refractivity contribution in [2.45, 2.75) is 19.6 Å². The minimum Gasteiger partial charge on any atom is -0.494 e. The van der Waals surface area contributed by atoms with Gasteiger partial charge in [-0.05, 0) is 55.0 Å². The van der Waals surface area contributed by atoms with Crippen molar-refractivity contribution in [3.05, 3.63) is 89.7 Å². The molecule has 29 heavy (non-hydrogen) atoms. The summed E-state index contributed by atoms with van der Waals surface area (Å²) in [6.45, 7) is 2.19. The van der Waals surface area contributed by atoms with E-state index in [0.717, 1.165) is 5.56 Å². The maximum Gasteiger partial charge on any atom is 0.251 e. The van der Waals surface area contributed by atoms with Crippen LogP contribution in [0.25, 0.3) is 0 Å². The molecule has 150 valence electrons. The SMILES string of the molecule is CCOc1ccc(N[C@H](C(=O)Nc2ccc(F)cc2)c2ccccc2)cc1CO. The lowest BCUT2D eigenvalue weighted by Crippen LogP contribution is -2.27. The Bertz CT molecular complexity index is 946. The highest BCUT2D eigenvalue weighted by Gasteiger charge is 2.21. The number of nitrogens with one attached hydrogen (secondary N) is 2. The standard InChI is InChI=1S/C23H23FN2O3/c1-2-29-21-13-12-20(14-17(21)15-27)25-22(16-6-4-3-5-7-16)23(28)26-19-10-8-18(24)9-11-19/h3-14,22,25,27H,2,15H2,1H3,(H,26,28)/t22-/m0/s1. The molecule has 3 N–H and O–H groups in total. The van der Waals surface area contributed by atoms with Gasteiger partial charge in [-0.2, -0.15) is 0 Å². The van der Waals surface area contributed by atoms with Gasteiger partial charge in [-0.15, -0.1) is 0 Å². The largest absolute Gasteiger partial charge is 0.494 e. The van der Waals surface area contributed by atoms with Gasteiger partial charge in [0.05, 0.1) is 13.2 Å². The number of aliphatic hydroxyl groups excluding tert-OH is 1. The Morgan fingerprint density at radius 3 is 2.38 bits per heavy atom. The van der Waals surface area contributed by atoms with Crippen LogP contribution in [0.4, 0.5) is 15.8 Å². The molecule has 0 heterocycles. The maximum atomic E-state index is 13.1. The van der Waals surface area contributed by atoms with Crippen LogP contribution < -0.4 is 15.4 Å². The van der Waals surface area contributed by atoms with Crippen LogP contribution in [0.2, 0.25) is 0 Å². The number of anilines is 2. The Labute approximate surface area is 169 Å². The number of hydrogen-bond donors (Lipinski definition) is 3. The monoisotopic (exact) mass is 394 g/mol. The van der Waals surface area contributed by atoms with E-state index in [1.165, 1.54) is 24.3 Å². The summed E-state index contributed by atoms with van der Waals surface area (Å²) in [5.41, 5.74) is 2.57. The fourth-order valence-electron chi connectivity index (χ4n) is 2.95. The molecule has 0 fully saturated rings. The van der Waals surface area contributed by atoms with Gasteiger partial charge in [0.15, 0.2) is 0 Å². The molecule has 0 aliphatic heterocycles. The highest BCUT2D eigenvalue weighted by atomic mass is 19.1. The summed E-state index contributed by atoms with van der Waals surface area (Å²) in [4.78, 5) is 13.0. The lowest BCUT2D eigenvalue weighted by atomic mass is 10.0. The van der Waals surface area contributed by atoms with E-state index < -0.39 is 6.04 Å². The smallest absolute Gasteiger partial charge is 0.251 e. The summed E-state index contributed by atoms with van der Waals surface area (Å²) >= 11 is 0. The van der Waals surface area contributed by atoms with Gasteiger partial charge in [0.25, 0.3) is 5.91 Å². The van der Waals surface area contributed by atoms with Crippen LogP contribution in [0, 0.1) is 5.82 Å². The van der Waals surface area contributed by atoms with E-state index >= 15 is 0 Å². The van der Waals surface area contributed by atoms with Crippen LogP contribution in [-0.2, 0) is 11.4 Å². The van der Waals surface area contributed by atoms with Gasteiger partial charge >= 0.3 is 0 Å². The van der Waals surface area contributed by atoms with Crippen LogP contribution >= 0.6 is 0 Å². The average molecular weight is 394 g/mol. The highest BCUT2D eigenvalue weighted by Crippen LogP contribution is 2.27. The summed E-state index contributed by atoms with van der Waals surface area (Å²) in [6.07, 6.45) is 0. The van der Waals surface area contributed by atoms with Crippen molar-refractivity contribution in [3.63, 3.8) is 0 Å². The van der Waals surface area contributed by atoms with Crippen LogP contribution in [0.1, 0.15) is 24.1 Å². The topological polar surface area (TPSA) is 70.6 Å². The number of benzene rings is 3. The van der Waals surface area contributed by atoms with Gasteiger partial charge in [0.2, 0.25) is 0 Å². The van der Waals surface area contributed by atoms with Gasteiger partial charge in [-0.1, -0.05) is 30.3 Å². The molecule has 0 aliphatic rings. The third kappa shape index (κ3) is 5.33. The highest BCUT2D eigenvalue weighted by molar-refractivity contribution is 5.97. The van der Waals surface area contributed by atoms with Gasteiger partial charge in [-0.3, -0.25) is 4.79 Å². The second-order valence-corrected chi connectivity index (χ2v) is 6.40. The zero-order chi connectivity index (χ0) is 20.6. The summed E-state index contributed by atoms with van der Waals surface area (Å²) in [5.74, 6) is -0.0542. The van der Waals surface area contributed by atoms with Crippen molar-refractivity contribution in [1.29, 1.82) is 0 Å². The zero-order valence-electron chi connectivity index (χ0n) is 16.1. The van der Waals surface area contributed by atoms with Gasteiger partial charge in [0.1, 0.15) is 17.6 Å². The van der Waals surface area contributed by atoms with Crippen molar-refractivity contribution < 1.29 is 19.0 Å².